The lowest BCUT2D eigenvalue weighted by Crippen LogP contribution is -1.91. The highest BCUT2D eigenvalue weighted by molar-refractivity contribution is 7.99. The second kappa shape index (κ2) is 5.30. The number of hydrogen-bond donors (Lipinski definition) is 1. The molecule has 3 nitrogen and oxygen atoms in total. The predicted octanol–water partition coefficient (Wildman–Crippen LogP) is 2.77. The quantitative estimate of drug-likeness (QED) is 0.913. The van der Waals surface area contributed by atoms with E-state index >= 15 is 0 Å². The summed E-state index contributed by atoms with van der Waals surface area (Å²) in [5.41, 5.74) is 0.772. The number of nitrogens with zero attached hydrogens (tertiary/aromatic N) is 2. The maximum absolute atomic E-state index is 9.16. The molecule has 0 atom stereocenters. The van der Waals surface area contributed by atoms with Crippen molar-refractivity contribution in [3.63, 3.8) is 0 Å². The van der Waals surface area contributed by atoms with Gasteiger partial charge in [0.25, 0.3) is 0 Å². The molecule has 0 aliphatic rings. The molecule has 1 N–H and O–H groups in total. The molecule has 5 heteroatoms. The average molecular weight is 253 g/mol. The zero-order valence-electron chi connectivity index (χ0n) is 8.30. The molecule has 0 unspecified atom stereocenters. The minimum Gasteiger partial charge on any atom is -0.392 e. The highest BCUT2D eigenvalue weighted by atomic mass is 35.5. The van der Waals surface area contributed by atoms with Gasteiger partial charge < -0.3 is 5.11 Å². The van der Waals surface area contributed by atoms with E-state index in [4.69, 9.17) is 16.7 Å². The summed E-state index contributed by atoms with van der Waals surface area (Å²) in [7, 11) is 0. The van der Waals surface area contributed by atoms with Gasteiger partial charge >= 0.3 is 0 Å². The summed E-state index contributed by atoms with van der Waals surface area (Å²) in [5, 5.41) is 11.2. The third-order valence-electron chi connectivity index (χ3n) is 1.94. The Morgan fingerprint density at radius 1 is 1.12 bits per heavy atom. The number of aromatic nitrogens is 2. The molecule has 0 saturated carbocycles. The number of rotatable bonds is 3. The molecule has 0 amide bonds. The minimum absolute atomic E-state index is 0.0410. The van der Waals surface area contributed by atoms with Crippen molar-refractivity contribution in [3.8, 4) is 0 Å². The fraction of sp³-hybridized carbons (Fsp3) is 0.0909. The van der Waals surface area contributed by atoms with Gasteiger partial charge in [-0.2, -0.15) is 0 Å². The molecule has 0 aliphatic carbocycles. The van der Waals surface area contributed by atoms with Gasteiger partial charge in [0.05, 0.1) is 11.6 Å². The van der Waals surface area contributed by atoms with Crippen LogP contribution in [0.1, 0.15) is 5.56 Å². The van der Waals surface area contributed by atoms with Crippen LogP contribution >= 0.6 is 23.4 Å². The lowest BCUT2D eigenvalue weighted by atomic mass is 10.3. The first-order valence-electron chi connectivity index (χ1n) is 4.64. The van der Waals surface area contributed by atoms with Crippen LogP contribution in [0.15, 0.2) is 46.7 Å². The van der Waals surface area contributed by atoms with Crippen molar-refractivity contribution in [3.05, 3.63) is 47.2 Å². The lowest BCUT2D eigenvalue weighted by Gasteiger charge is -2.05. The Labute approximate surface area is 103 Å². The molecule has 2 rings (SSSR count). The van der Waals surface area contributed by atoms with E-state index in [1.54, 1.807) is 30.6 Å². The molecule has 0 fully saturated rings. The molecule has 16 heavy (non-hydrogen) atoms. The molecule has 0 bridgehead atoms. The van der Waals surface area contributed by atoms with Crippen molar-refractivity contribution in [1.29, 1.82) is 0 Å². The molecule has 0 saturated heterocycles. The van der Waals surface area contributed by atoms with Crippen LogP contribution in [0.25, 0.3) is 0 Å². The molecule has 2 heterocycles. The predicted molar refractivity (Wildman–Crippen MR) is 63.5 cm³/mol. The Balaban J connectivity index is 2.30. The van der Waals surface area contributed by atoms with E-state index in [0.29, 0.717) is 10.0 Å². The number of halogens is 1. The first-order valence-corrected chi connectivity index (χ1v) is 5.84. The number of aliphatic hydroxyl groups excluding tert-OH is 1. The van der Waals surface area contributed by atoms with Crippen molar-refractivity contribution in [2.45, 2.75) is 16.7 Å². The van der Waals surface area contributed by atoms with Crippen molar-refractivity contribution < 1.29 is 5.11 Å². The van der Waals surface area contributed by atoms with Gasteiger partial charge in [-0.1, -0.05) is 17.7 Å². The highest BCUT2D eigenvalue weighted by Crippen LogP contribution is 2.31. The molecule has 82 valence electrons. The van der Waals surface area contributed by atoms with E-state index in [1.165, 1.54) is 11.8 Å². The number of aliphatic hydroxyl groups is 1. The Morgan fingerprint density at radius 3 is 2.50 bits per heavy atom. The van der Waals surface area contributed by atoms with Crippen LogP contribution < -0.4 is 0 Å². The Hall–Kier alpha value is -1.10. The van der Waals surface area contributed by atoms with E-state index in [0.717, 1.165) is 10.6 Å². The first-order chi connectivity index (χ1) is 7.81. The molecular formula is C11H9ClN2OS. The van der Waals surface area contributed by atoms with Crippen LogP contribution in [0.2, 0.25) is 5.02 Å². The van der Waals surface area contributed by atoms with Crippen molar-refractivity contribution in [2.24, 2.45) is 0 Å². The summed E-state index contributed by atoms with van der Waals surface area (Å²) >= 11 is 7.35. The van der Waals surface area contributed by atoms with Crippen molar-refractivity contribution in [1.82, 2.24) is 9.97 Å². The number of pyridine rings is 2. The molecule has 0 spiro atoms. The van der Waals surface area contributed by atoms with Gasteiger partial charge in [0.2, 0.25) is 0 Å². The van der Waals surface area contributed by atoms with Crippen LogP contribution in [0.3, 0.4) is 0 Å². The second-order valence-electron chi connectivity index (χ2n) is 3.02. The summed E-state index contributed by atoms with van der Waals surface area (Å²) in [6.45, 7) is -0.0410. The van der Waals surface area contributed by atoms with E-state index in [1.807, 2.05) is 6.07 Å². The third-order valence-corrected chi connectivity index (χ3v) is 3.44. The molecule has 0 aliphatic heterocycles. The second-order valence-corrected chi connectivity index (χ2v) is 4.40. The zero-order valence-corrected chi connectivity index (χ0v) is 9.87. The number of hydrogen-bond acceptors (Lipinski definition) is 4. The maximum Gasteiger partial charge on any atom is 0.121 e. The summed E-state index contributed by atoms with van der Waals surface area (Å²) in [4.78, 5) is 8.35. The topological polar surface area (TPSA) is 46.0 Å². The van der Waals surface area contributed by atoms with Gasteiger partial charge in [-0.3, -0.25) is 0 Å². The van der Waals surface area contributed by atoms with E-state index in [2.05, 4.69) is 9.97 Å². The monoisotopic (exact) mass is 252 g/mol. The van der Waals surface area contributed by atoms with Crippen LogP contribution in [0.4, 0.5) is 0 Å². The molecular weight excluding hydrogens is 244 g/mol. The zero-order chi connectivity index (χ0) is 11.4. The van der Waals surface area contributed by atoms with E-state index < -0.39 is 0 Å². The highest BCUT2D eigenvalue weighted by Gasteiger charge is 2.08. The summed E-state index contributed by atoms with van der Waals surface area (Å²) in [5.74, 6) is 0. The standard InChI is InChI=1S/C11H9ClN2OS/c12-9-4-2-6-14-11(9)16-10-8(7-15)3-1-5-13-10/h1-6,15H,7H2. The smallest absolute Gasteiger partial charge is 0.121 e. The molecule has 0 aromatic carbocycles. The van der Waals surface area contributed by atoms with Crippen LogP contribution in [-0.4, -0.2) is 15.1 Å². The van der Waals surface area contributed by atoms with Gasteiger partial charge in [-0.05, 0) is 30.0 Å². The van der Waals surface area contributed by atoms with Crippen LogP contribution in [0, 0.1) is 0 Å². The van der Waals surface area contributed by atoms with Crippen molar-refractivity contribution >= 4 is 23.4 Å². The molecule has 2 aromatic heterocycles. The fourth-order valence-corrected chi connectivity index (χ4v) is 2.25. The van der Waals surface area contributed by atoms with Gasteiger partial charge in [0.15, 0.2) is 0 Å². The van der Waals surface area contributed by atoms with Crippen LogP contribution in [-0.2, 0) is 6.61 Å². The van der Waals surface area contributed by atoms with E-state index in [9.17, 15) is 0 Å². The van der Waals surface area contributed by atoms with Crippen molar-refractivity contribution in [2.75, 3.05) is 0 Å². The van der Waals surface area contributed by atoms with Gasteiger partial charge in [0, 0.05) is 18.0 Å². The molecule has 2 aromatic rings. The summed E-state index contributed by atoms with van der Waals surface area (Å²) in [6, 6.07) is 7.16. The lowest BCUT2D eigenvalue weighted by molar-refractivity contribution is 0.278. The first kappa shape index (κ1) is 11.4. The Kier molecular flexibility index (Phi) is 3.77. The fourth-order valence-electron chi connectivity index (χ4n) is 1.17. The SMILES string of the molecule is OCc1cccnc1Sc1ncccc1Cl. The van der Waals surface area contributed by atoms with Gasteiger partial charge in [-0.25, -0.2) is 9.97 Å². The van der Waals surface area contributed by atoms with E-state index in [-0.39, 0.29) is 6.61 Å². The summed E-state index contributed by atoms with van der Waals surface area (Å²) in [6.07, 6.45) is 3.36. The largest absolute Gasteiger partial charge is 0.392 e. The normalized spacial score (nSPS) is 10.4. The molecule has 0 radical (unpaired) electrons. The minimum atomic E-state index is -0.0410. The third kappa shape index (κ3) is 2.52. The summed E-state index contributed by atoms with van der Waals surface area (Å²) < 4.78 is 0. The van der Waals surface area contributed by atoms with Crippen LogP contribution in [0.5, 0.6) is 0 Å². The Bertz CT molecular complexity index is 493. The Morgan fingerprint density at radius 2 is 1.81 bits per heavy atom. The average Bonchev–Trinajstić information content (AvgIpc) is 2.33. The van der Waals surface area contributed by atoms with Gasteiger partial charge in [0.1, 0.15) is 10.1 Å². The maximum atomic E-state index is 9.16. The van der Waals surface area contributed by atoms with Gasteiger partial charge in [-0.15, -0.1) is 0 Å².